The number of nitrogens with one attached hydrogen (secondary N) is 2. The summed E-state index contributed by atoms with van der Waals surface area (Å²) in [4.78, 5) is 28.7. The van der Waals surface area contributed by atoms with Crippen molar-refractivity contribution in [3.05, 3.63) is 98.6 Å². The second-order valence-electron chi connectivity index (χ2n) is 11.9. The minimum absolute atomic E-state index is 0.138. The van der Waals surface area contributed by atoms with Gasteiger partial charge in [-0.05, 0) is 44.0 Å². The third-order valence-electron chi connectivity index (χ3n) is 7.74. The van der Waals surface area contributed by atoms with Gasteiger partial charge in [0.2, 0.25) is 0 Å². The first-order valence-corrected chi connectivity index (χ1v) is 16.2. The number of imidazole rings is 1. The summed E-state index contributed by atoms with van der Waals surface area (Å²) in [5.41, 5.74) is 3.65. The zero-order chi connectivity index (χ0) is 31.7. The monoisotopic (exact) mass is 736 g/mol. The summed E-state index contributed by atoms with van der Waals surface area (Å²) in [5.74, 6) is 0. The van der Waals surface area contributed by atoms with E-state index in [9.17, 15) is 4.79 Å². The topological polar surface area (TPSA) is 134 Å². The summed E-state index contributed by atoms with van der Waals surface area (Å²) in [6.45, 7) is 8.40. The van der Waals surface area contributed by atoms with E-state index in [-0.39, 0.29) is 23.7 Å². The Balaban J connectivity index is 1.38. The van der Waals surface area contributed by atoms with Crippen LogP contribution in [0.4, 0.5) is 4.79 Å². The van der Waals surface area contributed by atoms with E-state index in [0.717, 1.165) is 25.8 Å². The largest absolute Gasteiger partial charge is 0.444 e. The zero-order valence-electron chi connectivity index (χ0n) is 25.2. The highest BCUT2D eigenvalue weighted by Crippen LogP contribution is 2.42. The number of fused-ring (bicyclic) bond motifs is 1. The molecule has 0 aliphatic carbocycles. The molecular weight excluding hydrogens is 704 g/mol. The van der Waals surface area contributed by atoms with Gasteiger partial charge in [0.15, 0.2) is 11.1 Å². The molecule has 14 heteroatoms. The van der Waals surface area contributed by atoms with Crippen molar-refractivity contribution in [2.24, 2.45) is 0 Å². The Morgan fingerprint density at radius 3 is 2.27 bits per heavy atom. The molecule has 0 spiro atoms. The number of halogens is 2. The van der Waals surface area contributed by atoms with Crippen LogP contribution in [0.3, 0.4) is 0 Å². The third kappa shape index (κ3) is 6.72. The predicted molar refractivity (Wildman–Crippen MR) is 175 cm³/mol. The highest BCUT2D eigenvalue weighted by Gasteiger charge is 2.37. The summed E-state index contributed by atoms with van der Waals surface area (Å²) in [6.07, 6.45) is 4.83. The van der Waals surface area contributed by atoms with Gasteiger partial charge in [-0.1, -0.05) is 73.5 Å². The first-order chi connectivity index (χ1) is 21.6. The zero-order valence-corrected chi connectivity index (χ0v) is 28.4. The van der Waals surface area contributed by atoms with Crippen molar-refractivity contribution in [2.45, 2.75) is 45.0 Å². The van der Waals surface area contributed by atoms with Gasteiger partial charge in [-0.2, -0.15) is 0 Å². The molecule has 0 unspecified atom stereocenters. The number of hydrogen-bond donors (Lipinski definition) is 2. The fourth-order valence-electron chi connectivity index (χ4n) is 5.70. The molecular formula is C31H34Br2N10O2. The van der Waals surface area contributed by atoms with Crippen molar-refractivity contribution in [3.8, 4) is 0 Å². The van der Waals surface area contributed by atoms with Gasteiger partial charge in [0.1, 0.15) is 16.8 Å². The van der Waals surface area contributed by atoms with Gasteiger partial charge in [0.05, 0.1) is 37.5 Å². The lowest BCUT2D eigenvalue weighted by Crippen LogP contribution is -2.52. The number of amides is 1. The summed E-state index contributed by atoms with van der Waals surface area (Å²) < 4.78 is 11.4. The molecule has 1 fully saturated rings. The molecule has 12 nitrogen and oxygen atoms in total. The molecule has 1 aliphatic rings. The maximum Gasteiger partial charge on any atom is 0.410 e. The second kappa shape index (κ2) is 12.9. The summed E-state index contributed by atoms with van der Waals surface area (Å²) in [5, 5.41) is 17.3. The summed E-state index contributed by atoms with van der Waals surface area (Å²) in [6, 6.07) is 16.0. The molecule has 0 saturated carbocycles. The van der Waals surface area contributed by atoms with Crippen LogP contribution in [0.2, 0.25) is 0 Å². The van der Waals surface area contributed by atoms with Crippen LogP contribution in [0.1, 0.15) is 49.7 Å². The SMILES string of the molecule is CC(C)(C)OC(=O)N1CCN([C@H](c2ccccc2Br)[C@H](c2ccccc2Br)n2cc(Cn3cnc(=N)c4[nH]cnc43)nn2)CC1. The number of carbonyl (C=O) groups is 1. The lowest BCUT2D eigenvalue weighted by Gasteiger charge is -2.43. The van der Waals surface area contributed by atoms with Crippen LogP contribution in [0.15, 0.2) is 76.3 Å². The first-order valence-electron chi connectivity index (χ1n) is 14.6. The molecule has 5 aromatic rings. The molecule has 45 heavy (non-hydrogen) atoms. The summed E-state index contributed by atoms with van der Waals surface area (Å²) in [7, 11) is 0. The fraction of sp³-hybridized carbons (Fsp3) is 0.355. The minimum atomic E-state index is -0.554. The van der Waals surface area contributed by atoms with Gasteiger partial charge >= 0.3 is 6.09 Å². The molecule has 1 aliphatic heterocycles. The first kappa shape index (κ1) is 31.1. The number of carbonyl (C=O) groups excluding carboxylic acids is 1. The van der Waals surface area contributed by atoms with Crippen LogP contribution in [0.25, 0.3) is 11.2 Å². The smallest absolute Gasteiger partial charge is 0.410 e. The molecule has 6 rings (SSSR count). The number of hydrogen-bond acceptors (Lipinski definition) is 8. The molecule has 3 aromatic heterocycles. The van der Waals surface area contributed by atoms with Crippen molar-refractivity contribution < 1.29 is 9.53 Å². The van der Waals surface area contributed by atoms with Gasteiger partial charge in [0, 0.05) is 35.1 Å². The van der Waals surface area contributed by atoms with E-state index in [1.165, 1.54) is 0 Å². The number of nitrogens with zero attached hydrogens (tertiary/aromatic N) is 8. The minimum Gasteiger partial charge on any atom is -0.444 e. The van der Waals surface area contributed by atoms with E-state index < -0.39 is 5.60 Å². The molecule has 234 valence electrons. The van der Waals surface area contributed by atoms with E-state index in [2.05, 4.69) is 75.0 Å². The fourth-order valence-corrected chi connectivity index (χ4v) is 6.74. The molecule has 2 N–H and O–H groups in total. The molecule has 0 bridgehead atoms. The highest BCUT2D eigenvalue weighted by molar-refractivity contribution is 9.10. The van der Waals surface area contributed by atoms with Crippen LogP contribution in [-0.2, 0) is 11.3 Å². The Hall–Kier alpha value is -3.88. The molecule has 1 amide bonds. The third-order valence-corrected chi connectivity index (χ3v) is 9.18. The Labute approximate surface area is 277 Å². The molecule has 1 saturated heterocycles. The van der Waals surface area contributed by atoms with E-state index in [4.69, 9.17) is 15.4 Å². The number of piperazine rings is 1. The molecule has 2 aromatic carbocycles. The van der Waals surface area contributed by atoms with Crippen molar-refractivity contribution in [1.29, 1.82) is 5.41 Å². The van der Waals surface area contributed by atoms with Crippen LogP contribution in [0, 0.1) is 5.41 Å². The number of aromatic nitrogens is 7. The van der Waals surface area contributed by atoms with E-state index in [1.54, 1.807) is 17.6 Å². The lowest BCUT2D eigenvalue weighted by molar-refractivity contribution is 0.00749. The van der Waals surface area contributed by atoms with Gasteiger partial charge in [-0.15, -0.1) is 5.10 Å². The van der Waals surface area contributed by atoms with Crippen LogP contribution >= 0.6 is 31.9 Å². The second-order valence-corrected chi connectivity index (χ2v) is 13.7. The van der Waals surface area contributed by atoms with E-state index in [0.29, 0.717) is 43.9 Å². The highest BCUT2D eigenvalue weighted by atomic mass is 79.9. The van der Waals surface area contributed by atoms with Gasteiger partial charge in [-0.25, -0.2) is 19.4 Å². The molecule has 2 atom stereocenters. The number of aromatic amines is 1. The Bertz CT molecular complexity index is 1870. The van der Waals surface area contributed by atoms with Crippen molar-refractivity contribution in [3.63, 3.8) is 0 Å². The maximum atomic E-state index is 12.9. The van der Waals surface area contributed by atoms with Crippen molar-refractivity contribution in [1.82, 2.24) is 44.3 Å². The van der Waals surface area contributed by atoms with Crippen LogP contribution in [0.5, 0.6) is 0 Å². The Morgan fingerprint density at radius 1 is 0.978 bits per heavy atom. The van der Waals surface area contributed by atoms with E-state index in [1.807, 2.05) is 66.5 Å². The Morgan fingerprint density at radius 2 is 1.62 bits per heavy atom. The number of rotatable bonds is 7. The normalized spacial score (nSPS) is 15.7. The average Bonchev–Trinajstić information content (AvgIpc) is 3.69. The predicted octanol–water partition coefficient (Wildman–Crippen LogP) is 5.29. The molecule has 4 heterocycles. The van der Waals surface area contributed by atoms with Crippen LogP contribution < -0.4 is 5.49 Å². The number of ether oxygens (including phenoxy) is 1. The van der Waals surface area contributed by atoms with Crippen molar-refractivity contribution >= 4 is 49.1 Å². The Kier molecular flexibility index (Phi) is 8.89. The van der Waals surface area contributed by atoms with Gasteiger partial charge < -0.3 is 19.2 Å². The van der Waals surface area contributed by atoms with E-state index >= 15 is 0 Å². The molecule has 0 radical (unpaired) electrons. The van der Waals surface area contributed by atoms with Crippen LogP contribution in [-0.4, -0.2) is 82.2 Å². The summed E-state index contributed by atoms with van der Waals surface area (Å²) >= 11 is 7.66. The van der Waals surface area contributed by atoms with Gasteiger partial charge in [-0.3, -0.25) is 10.3 Å². The quantitative estimate of drug-likeness (QED) is 0.232. The number of benzene rings is 2. The standard InChI is InChI=1S/C31H34Br2N10O2/c1-31(2,3)45-30(44)41-14-12-40(13-15-41)26(21-8-4-6-10-23(21)32)27(22-9-5-7-11-24(22)33)43-17-20(38-39-43)16-42-19-37-28(34)25-29(42)36-18-35-25/h4-11,17-19,26-27,34H,12-16H2,1-3H3,(H,35,36)/t26-,27+/m1/s1. The lowest BCUT2D eigenvalue weighted by atomic mass is 9.91. The number of H-pyrrole nitrogens is 1. The maximum absolute atomic E-state index is 12.9. The van der Waals surface area contributed by atoms with Gasteiger partial charge in [0.25, 0.3) is 0 Å². The van der Waals surface area contributed by atoms with Crippen molar-refractivity contribution in [2.75, 3.05) is 26.2 Å². The average molecular weight is 738 g/mol.